The fraction of sp³-hybridized carbons (Fsp3) is 0.923. The number of nitrogens with one attached hydrogen (secondary N) is 2. The van der Waals surface area contributed by atoms with Gasteiger partial charge in [0.05, 0.1) is 12.6 Å². The van der Waals surface area contributed by atoms with Gasteiger partial charge in [-0.15, -0.1) is 0 Å². The molecule has 5 nitrogen and oxygen atoms in total. The number of methoxy groups -OCH3 is 1. The molecule has 18 heavy (non-hydrogen) atoms. The summed E-state index contributed by atoms with van der Waals surface area (Å²) < 4.78 is 5.39. The first-order valence-electron chi connectivity index (χ1n) is 6.79. The van der Waals surface area contributed by atoms with Crippen LogP contribution in [0.1, 0.15) is 20.3 Å². The van der Waals surface area contributed by atoms with Crippen LogP contribution >= 0.6 is 0 Å². The molecule has 5 heteroatoms. The summed E-state index contributed by atoms with van der Waals surface area (Å²) >= 11 is 0. The smallest absolute Gasteiger partial charge is 0.234 e. The number of hydrogen-bond acceptors (Lipinski definition) is 4. The molecule has 0 aromatic rings. The van der Waals surface area contributed by atoms with Crippen molar-refractivity contribution in [2.24, 2.45) is 5.41 Å². The Labute approximate surface area is 109 Å². The van der Waals surface area contributed by atoms with Crippen molar-refractivity contribution in [3.63, 3.8) is 0 Å². The predicted octanol–water partition coefficient (Wildman–Crippen LogP) is -0.179. The fourth-order valence-electron chi connectivity index (χ4n) is 2.84. The molecule has 2 N–H and O–H groups in total. The highest BCUT2D eigenvalue weighted by atomic mass is 16.5. The van der Waals surface area contributed by atoms with Crippen LogP contribution in [0.15, 0.2) is 0 Å². The zero-order valence-electron chi connectivity index (χ0n) is 11.7. The third kappa shape index (κ3) is 2.84. The van der Waals surface area contributed by atoms with E-state index in [0.717, 1.165) is 32.6 Å². The normalized spacial score (nSPS) is 31.7. The lowest BCUT2D eigenvalue weighted by molar-refractivity contribution is -0.133. The van der Waals surface area contributed by atoms with E-state index in [4.69, 9.17) is 4.74 Å². The molecule has 104 valence electrons. The standard InChI is InChI=1S/C13H25N3O2/c1-13(2)10(8-11(13)18-3)15-12(17)9-16-6-4-14-5-7-16/h10-11,14H,4-9H2,1-3H3,(H,15,17). The highest BCUT2D eigenvalue weighted by molar-refractivity contribution is 5.78. The molecule has 1 saturated heterocycles. The molecule has 1 aliphatic heterocycles. The Hall–Kier alpha value is -0.650. The summed E-state index contributed by atoms with van der Waals surface area (Å²) in [5, 5.41) is 6.42. The van der Waals surface area contributed by atoms with E-state index < -0.39 is 0 Å². The van der Waals surface area contributed by atoms with Crippen LogP contribution in [-0.2, 0) is 9.53 Å². The van der Waals surface area contributed by atoms with Gasteiger partial charge in [0, 0.05) is 44.7 Å². The monoisotopic (exact) mass is 255 g/mol. The minimum atomic E-state index is 0.0495. The van der Waals surface area contributed by atoms with Crippen LogP contribution in [0.5, 0.6) is 0 Å². The molecular formula is C13H25N3O2. The summed E-state index contributed by atoms with van der Waals surface area (Å²) in [6.45, 7) is 8.71. The first-order valence-corrected chi connectivity index (χ1v) is 6.79. The lowest BCUT2D eigenvalue weighted by Gasteiger charge is -2.51. The number of carbonyl (C=O) groups is 1. The molecule has 0 radical (unpaired) electrons. The minimum absolute atomic E-state index is 0.0495. The summed E-state index contributed by atoms with van der Waals surface area (Å²) in [6, 6.07) is 0.248. The van der Waals surface area contributed by atoms with Gasteiger partial charge in [-0.2, -0.15) is 0 Å². The molecule has 0 spiro atoms. The molecule has 2 unspecified atom stereocenters. The zero-order valence-corrected chi connectivity index (χ0v) is 11.7. The number of rotatable bonds is 4. The molecular weight excluding hydrogens is 230 g/mol. The third-order valence-electron chi connectivity index (χ3n) is 4.37. The molecule has 0 bridgehead atoms. The Bertz CT molecular complexity index is 301. The Morgan fingerprint density at radius 3 is 2.67 bits per heavy atom. The molecule has 1 amide bonds. The van der Waals surface area contributed by atoms with Crippen LogP contribution in [0.3, 0.4) is 0 Å². The maximum atomic E-state index is 12.0. The molecule has 2 aliphatic rings. The number of piperazine rings is 1. The number of nitrogens with zero attached hydrogens (tertiary/aromatic N) is 1. The van der Waals surface area contributed by atoms with E-state index in [-0.39, 0.29) is 23.5 Å². The molecule has 0 aromatic heterocycles. The maximum Gasteiger partial charge on any atom is 0.234 e. The quantitative estimate of drug-likeness (QED) is 0.732. The first-order chi connectivity index (χ1) is 8.54. The Morgan fingerprint density at radius 1 is 1.44 bits per heavy atom. The first kappa shape index (κ1) is 13.8. The Kier molecular flexibility index (Phi) is 4.25. The average molecular weight is 255 g/mol. The van der Waals surface area contributed by atoms with E-state index in [1.54, 1.807) is 7.11 Å². The highest BCUT2D eigenvalue weighted by Gasteiger charge is 2.49. The second-order valence-electron chi connectivity index (χ2n) is 5.93. The summed E-state index contributed by atoms with van der Waals surface area (Å²) in [5.41, 5.74) is 0.0495. The fourth-order valence-corrected chi connectivity index (χ4v) is 2.84. The van der Waals surface area contributed by atoms with Crippen molar-refractivity contribution in [3.05, 3.63) is 0 Å². The number of ether oxygens (including phenoxy) is 1. The Morgan fingerprint density at radius 2 is 2.11 bits per heavy atom. The number of hydrogen-bond donors (Lipinski definition) is 2. The van der Waals surface area contributed by atoms with E-state index >= 15 is 0 Å². The van der Waals surface area contributed by atoms with Gasteiger partial charge in [-0.25, -0.2) is 0 Å². The van der Waals surface area contributed by atoms with Gasteiger partial charge in [0.1, 0.15) is 0 Å². The second kappa shape index (κ2) is 5.55. The van der Waals surface area contributed by atoms with Crippen molar-refractivity contribution < 1.29 is 9.53 Å². The van der Waals surface area contributed by atoms with E-state index in [1.807, 2.05) is 0 Å². The average Bonchev–Trinajstić information content (AvgIpc) is 2.35. The van der Waals surface area contributed by atoms with Gasteiger partial charge in [-0.05, 0) is 6.42 Å². The summed E-state index contributed by atoms with van der Waals surface area (Å²) in [7, 11) is 1.74. The lowest BCUT2D eigenvalue weighted by Crippen LogP contribution is -2.62. The topological polar surface area (TPSA) is 53.6 Å². The Balaban J connectivity index is 1.75. The van der Waals surface area contributed by atoms with Gasteiger partial charge >= 0.3 is 0 Å². The van der Waals surface area contributed by atoms with Gasteiger partial charge in [0.2, 0.25) is 5.91 Å². The van der Waals surface area contributed by atoms with Crippen molar-refractivity contribution in [1.29, 1.82) is 0 Å². The van der Waals surface area contributed by atoms with Crippen molar-refractivity contribution in [2.45, 2.75) is 32.4 Å². The van der Waals surface area contributed by atoms with Gasteiger partial charge in [0.15, 0.2) is 0 Å². The molecule has 2 rings (SSSR count). The molecule has 2 fully saturated rings. The number of carbonyl (C=O) groups excluding carboxylic acids is 1. The number of amides is 1. The van der Waals surface area contributed by atoms with Gasteiger partial charge < -0.3 is 15.4 Å². The summed E-state index contributed by atoms with van der Waals surface area (Å²) in [6.07, 6.45) is 1.19. The van der Waals surface area contributed by atoms with E-state index in [0.29, 0.717) is 6.54 Å². The summed E-state index contributed by atoms with van der Waals surface area (Å²) in [4.78, 5) is 14.2. The van der Waals surface area contributed by atoms with Crippen molar-refractivity contribution in [3.8, 4) is 0 Å². The molecule has 1 saturated carbocycles. The van der Waals surface area contributed by atoms with Crippen molar-refractivity contribution in [1.82, 2.24) is 15.5 Å². The van der Waals surface area contributed by atoms with Gasteiger partial charge in [-0.3, -0.25) is 9.69 Å². The predicted molar refractivity (Wildman–Crippen MR) is 70.4 cm³/mol. The largest absolute Gasteiger partial charge is 0.381 e. The van der Waals surface area contributed by atoms with Crippen LogP contribution in [0.2, 0.25) is 0 Å². The zero-order chi connectivity index (χ0) is 13.2. The van der Waals surface area contributed by atoms with Crippen LogP contribution in [0.25, 0.3) is 0 Å². The SMILES string of the molecule is COC1CC(NC(=O)CN2CCNCC2)C1(C)C. The highest BCUT2D eigenvalue weighted by Crippen LogP contribution is 2.42. The van der Waals surface area contributed by atoms with Crippen LogP contribution in [0.4, 0.5) is 0 Å². The van der Waals surface area contributed by atoms with E-state index in [9.17, 15) is 4.79 Å². The molecule has 2 atom stereocenters. The van der Waals surface area contributed by atoms with E-state index in [2.05, 4.69) is 29.4 Å². The molecule has 0 aromatic carbocycles. The van der Waals surface area contributed by atoms with Crippen molar-refractivity contribution >= 4 is 5.91 Å². The van der Waals surface area contributed by atoms with Gasteiger partial charge in [-0.1, -0.05) is 13.8 Å². The lowest BCUT2D eigenvalue weighted by atomic mass is 9.64. The third-order valence-corrected chi connectivity index (χ3v) is 4.37. The van der Waals surface area contributed by atoms with E-state index in [1.165, 1.54) is 0 Å². The van der Waals surface area contributed by atoms with Crippen molar-refractivity contribution in [2.75, 3.05) is 39.8 Å². The van der Waals surface area contributed by atoms with Gasteiger partial charge in [0.25, 0.3) is 0 Å². The summed E-state index contributed by atoms with van der Waals surface area (Å²) in [5.74, 6) is 0.143. The maximum absolute atomic E-state index is 12.0. The minimum Gasteiger partial charge on any atom is -0.381 e. The van der Waals surface area contributed by atoms with Crippen LogP contribution in [-0.4, -0.2) is 62.8 Å². The second-order valence-corrected chi connectivity index (χ2v) is 5.93. The molecule has 1 aliphatic carbocycles. The van der Waals surface area contributed by atoms with Crippen LogP contribution < -0.4 is 10.6 Å². The van der Waals surface area contributed by atoms with Crippen LogP contribution in [0, 0.1) is 5.41 Å². The molecule has 1 heterocycles.